The smallest absolute Gasteiger partial charge is 0.368 e. The molecule has 28 heavy (non-hydrogen) atoms. The molecule has 0 unspecified atom stereocenters. The quantitative estimate of drug-likeness (QED) is 0.298. The van der Waals surface area contributed by atoms with Crippen LogP contribution >= 0.6 is 0 Å². The second-order valence-electron chi connectivity index (χ2n) is 6.07. The van der Waals surface area contributed by atoms with Gasteiger partial charge in [-0.1, -0.05) is 65.8 Å². The van der Waals surface area contributed by atoms with Gasteiger partial charge in [-0.15, -0.1) is 0 Å². The van der Waals surface area contributed by atoms with Crippen LogP contribution in [0.4, 0.5) is 0 Å². The monoisotopic (exact) mass is 369 g/mol. The van der Waals surface area contributed by atoms with Crippen molar-refractivity contribution in [3.05, 3.63) is 107 Å². The lowest BCUT2D eigenvalue weighted by Crippen LogP contribution is -2.08. The fourth-order valence-corrected chi connectivity index (χ4v) is 2.75. The van der Waals surface area contributed by atoms with Crippen molar-refractivity contribution in [1.29, 1.82) is 0 Å². The first-order chi connectivity index (χ1) is 13.7. The van der Waals surface area contributed by atoms with E-state index in [9.17, 15) is 9.59 Å². The van der Waals surface area contributed by atoms with E-state index in [1.807, 2.05) is 36.4 Å². The standard InChI is InChI=1S/C23H15NO4/c25-22(18-9-5-2-6-10-18)27-19-13-11-16(12-14-19)15-20-21(24-28-23(20)26)17-7-3-1-4-8-17/h1-15H/b20-15+. The van der Waals surface area contributed by atoms with Gasteiger partial charge >= 0.3 is 11.9 Å². The number of ether oxygens (including phenoxy) is 1. The van der Waals surface area contributed by atoms with E-state index < -0.39 is 11.9 Å². The van der Waals surface area contributed by atoms with E-state index in [4.69, 9.17) is 9.57 Å². The zero-order valence-electron chi connectivity index (χ0n) is 14.7. The van der Waals surface area contributed by atoms with Gasteiger partial charge in [-0.05, 0) is 35.9 Å². The summed E-state index contributed by atoms with van der Waals surface area (Å²) < 4.78 is 5.36. The minimum Gasteiger partial charge on any atom is -0.423 e. The molecule has 0 bridgehead atoms. The number of esters is 1. The fraction of sp³-hybridized carbons (Fsp3) is 0. The Balaban J connectivity index is 1.53. The number of rotatable bonds is 4. The Morgan fingerprint density at radius 1 is 0.857 bits per heavy atom. The Hall–Kier alpha value is -3.99. The van der Waals surface area contributed by atoms with Crippen LogP contribution in [0.25, 0.3) is 6.08 Å². The van der Waals surface area contributed by atoms with Gasteiger partial charge in [0.05, 0.1) is 11.1 Å². The molecule has 0 radical (unpaired) electrons. The minimum atomic E-state index is -0.501. The minimum absolute atomic E-state index is 0.375. The average molecular weight is 369 g/mol. The van der Waals surface area contributed by atoms with Gasteiger partial charge < -0.3 is 9.57 Å². The summed E-state index contributed by atoms with van der Waals surface area (Å²) in [4.78, 5) is 29.0. The molecule has 0 saturated heterocycles. The summed E-state index contributed by atoms with van der Waals surface area (Å²) in [6, 6.07) is 25.0. The molecule has 0 fully saturated rings. The first-order valence-electron chi connectivity index (χ1n) is 8.65. The molecule has 0 saturated carbocycles. The molecule has 136 valence electrons. The van der Waals surface area contributed by atoms with Crippen LogP contribution in [0.2, 0.25) is 0 Å². The molecule has 1 aliphatic heterocycles. The zero-order valence-corrected chi connectivity index (χ0v) is 14.7. The van der Waals surface area contributed by atoms with E-state index in [1.165, 1.54) is 0 Å². The summed E-state index contributed by atoms with van der Waals surface area (Å²) >= 11 is 0. The second kappa shape index (κ2) is 7.72. The Bertz CT molecular complexity index is 1070. The number of benzene rings is 3. The lowest BCUT2D eigenvalue weighted by molar-refractivity contribution is -0.136. The van der Waals surface area contributed by atoms with Gasteiger partial charge in [-0.25, -0.2) is 9.59 Å². The number of nitrogens with zero attached hydrogens (tertiary/aromatic N) is 1. The molecular weight excluding hydrogens is 354 g/mol. The summed E-state index contributed by atoms with van der Waals surface area (Å²) in [7, 11) is 0. The highest BCUT2D eigenvalue weighted by Gasteiger charge is 2.26. The van der Waals surface area contributed by atoms with Crippen molar-refractivity contribution in [3.8, 4) is 5.75 Å². The van der Waals surface area contributed by atoms with Crippen LogP contribution in [-0.2, 0) is 9.63 Å². The Kier molecular flexibility index (Phi) is 4.80. The summed E-state index contributed by atoms with van der Waals surface area (Å²) in [5, 5.41) is 3.88. The number of carbonyl (C=O) groups is 2. The molecule has 1 heterocycles. The van der Waals surface area contributed by atoms with Crippen molar-refractivity contribution in [3.63, 3.8) is 0 Å². The third kappa shape index (κ3) is 3.73. The Morgan fingerprint density at radius 3 is 2.18 bits per heavy atom. The zero-order chi connectivity index (χ0) is 19.3. The van der Waals surface area contributed by atoms with E-state index in [0.717, 1.165) is 11.1 Å². The van der Waals surface area contributed by atoms with Crippen LogP contribution in [0, 0.1) is 0 Å². The summed E-state index contributed by atoms with van der Waals surface area (Å²) in [6.07, 6.45) is 1.70. The fourth-order valence-electron chi connectivity index (χ4n) is 2.75. The molecular formula is C23H15NO4. The molecule has 0 N–H and O–H groups in total. The van der Waals surface area contributed by atoms with Gasteiger partial charge in [-0.2, -0.15) is 0 Å². The number of hydrogen-bond acceptors (Lipinski definition) is 5. The topological polar surface area (TPSA) is 65.0 Å². The normalized spacial score (nSPS) is 14.5. The van der Waals surface area contributed by atoms with E-state index in [0.29, 0.717) is 22.6 Å². The molecule has 3 aromatic carbocycles. The third-order valence-electron chi connectivity index (χ3n) is 4.15. The van der Waals surface area contributed by atoms with Crippen LogP contribution in [-0.4, -0.2) is 17.7 Å². The highest BCUT2D eigenvalue weighted by atomic mass is 16.7. The highest BCUT2D eigenvalue weighted by Crippen LogP contribution is 2.22. The third-order valence-corrected chi connectivity index (χ3v) is 4.15. The van der Waals surface area contributed by atoms with Gasteiger partial charge in [0.15, 0.2) is 0 Å². The summed E-state index contributed by atoms with van der Waals surface area (Å²) in [5.74, 6) is -0.509. The van der Waals surface area contributed by atoms with Gasteiger partial charge in [0.1, 0.15) is 11.5 Å². The first kappa shape index (κ1) is 17.4. The number of oxime groups is 1. The molecule has 1 aliphatic rings. The molecule has 0 aliphatic carbocycles. The molecule has 5 nitrogen and oxygen atoms in total. The van der Waals surface area contributed by atoms with Crippen molar-refractivity contribution < 1.29 is 19.2 Å². The predicted octanol–water partition coefficient (Wildman–Crippen LogP) is 4.25. The van der Waals surface area contributed by atoms with Crippen LogP contribution < -0.4 is 4.74 Å². The maximum Gasteiger partial charge on any atom is 0.368 e. The van der Waals surface area contributed by atoms with E-state index >= 15 is 0 Å². The van der Waals surface area contributed by atoms with Crippen molar-refractivity contribution in [2.75, 3.05) is 0 Å². The van der Waals surface area contributed by atoms with Gasteiger partial charge in [0, 0.05) is 5.56 Å². The van der Waals surface area contributed by atoms with Crippen LogP contribution in [0.3, 0.4) is 0 Å². The number of carbonyl (C=O) groups excluding carboxylic acids is 2. The van der Waals surface area contributed by atoms with Crippen LogP contribution in [0.1, 0.15) is 21.5 Å². The summed E-state index contributed by atoms with van der Waals surface area (Å²) in [6.45, 7) is 0. The van der Waals surface area contributed by atoms with Crippen molar-refractivity contribution in [1.82, 2.24) is 0 Å². The largest absolute Gasteiger partial charge is 0.423 e. The maximum atomic E-state index is 12.1. The highest BCUT2D eigenvalue weighted by molar-refractivity contribution is 6.31. The first-order valence-corrected chi connectivity index (χ1v) is 8.65. The van der Waals surface area contributed by atoms with E-state index in [-0.39, 0.29) is 0 Å². The van der Waals surface area contributed by atoms with E-state index in [1.54, 1.807) is 54.6 Å². The molecule has 3 aromatic rings. The van der Waals surface area contributed by atoms with Gasteiger partial charge in [-0.3, -0.25) is 0 Å². The molecule has 5 heteroatoms. The number of hydrogen-bond donors (Lipinski definition) is 0. The van der Waals surface area contributed by atoms with Gasteiger partial charge in [0.2, 0.25) is 0 Å². The van der Waals surface area contributed by atoms with Crippen LogP contribution in [0.15, 0.2) is 95.7 Å². The maximum absolute atomic E-state index is 12.1. The van der Waals surface area contributed by atoms with E-state index in [2.05, 4.69) is 5.16 Å². The summed E-state index contributed by atoms with van der Waals surface area (Å²) in [5.41, 5.74) is 2.90. The molecule has 0 atom stereocenters. The molecule has 0 aromatic heterocycles. The van der Waals surface area contributed by atoms with Crippen molar-refractivity contribution in [2.45, 2.75) is 0 Å². The molecule has 0 amide bonds. The SMILES string of the molecule is O=C1ON=C(c2ccccc2)/C1=C\c1ccc(OC(=O)c2ccccc2)cc1. The Morgan fingerprint density at radius 2 is 1.50 bits per heavy atom. The van der Waals surface area contributed by atoms with Crippen molar-refractivity contribution >= 4 is 23.7 Å². The second-order valence-corrected chi connectivity index (χ2v) is 6.07. The Labute approximate surface area is 161 Å². The average Bonchev–Trinajstić information content (AvgIpc) is 3.11. The van der Waals surface area contributed by atoms with Crippen molar-refractivity contribution in [2.24, 2.45) is 5.16 Å². The lowest BCUT2D eigenvalue weighted by atomic mass is 10.0. The molecule has 4 rings (SSSR count). The molecule has 0 spiro atoms. The predicted molar refractivity (Wildman–Crippen MR) is 105 cm³/mol. The van der Waals surface area contributed by atoms with Crippen LogP contribution in [0.5, 0.6) is 5.75 Å². The van der Waals surface area contributed by atoms with Gasteiger partial charge in [0.25, 0.3) is 0 Å². The lowest BCUT2D eigenvalue weighted by Gasteiger charge is -2.05.